The first-order chi connectivity index (χ1) is 8.99. The zero-order valence-electron chi connectivity index (χ0n) is 10.5. The number of aryl methyl sites for hydroxylation is 1. The molecule has 1 N–H and O–H groups in total. The van der Waals surface area contributed by atoms with E-state index >= 15 is 0 Å². The second-order valence-electron chi connectivity index (χ2n) is 4.26. The number of benzene rings is 1. The van der Waals surface area contributed by atoms with Gasteiger partial charge in [-0.15, -0.1) is 11.3 Å². The van der Waals surface area contributed by atoms with Gasteiger partial charge in [0.2, 0.25) is 0 Å². The van der Waals surface area contributed by atoms with Crippen molar-refractivity contribution in [1.82, 2.24) is 0 Å². The fourth-order valence-electron chi connectivity index (χ4n) is 1.83. The lowest BCUT2D eigenvalue weighted by molar-refractivity contribution is -0.385. The summed E-state index contributed by atoms with van der Waals surface area (Å²) >= 11 is 5.14. The van der Waals surface area contributed by atoms with Crippen LogP contribution in [0.2, 0.25) is 0 Å². The highest BCUT2D eigenvalue weighted by Gasteiger charge is 2.14. The third-order valence-electron chi connectivity index (χ3n) is 2.83. The Morgan fingerprint density at radius 1 is 1.42 bits per heavy atom. The normalized spacial score (nSPS) is 12.2. The lowest BCUT2D eigenvalue weighted by Crippen LogP contribution is -2.06. The van der Waals surface area contributed by atoms with Gasteiger partial charge in [-0.3, -0.25) is 10.1 Å². The SMILES string of the molecule is Cc1ccc(NC(C)c2sccc2Br)cc1[N+](=O)[O-]. The van der Waals surface area contributed by atoms with Crippen molar-refractivity contribution in [1.29, 1.82) is 0 Å². The van der Waals surface area contributed by atoms with Gasteiger partial charge in [0.05, 0.1) is 11.0 Å². The molecule has 2 rings (SSSR count). The number of hydrogen-bond acceptors (Lipinski definition) is 4. The van der Waals surface area contributed by atoms with Gasteiger partial charge in [0.25, 0.3) is 5.69 Å². The van der Waals surface area contributed by atoms with Crippen LogP contribution in [0.15, 0.2) is 34.1 Å². The molecule has 6 heteroatoms. The highest BCUT2D eigenvalue weighted by Crippen LogP contribution is 2.32. The molecule has 2 aromatic rings. The molecular weight excluding hydrogens is 328 g/mol. The van der Waals surface area contributed by atoms with Crippen molar-refractivity contribution in [2.45, 2.75) is 19.9 Å². The average molecular weight is 341 g/mol. The van der Waals surface area contributed by atoms with Crippen molar-refractivity contribution in [2.75, 3.05) is 5.32 Å². The summed E-state index contributed by atoms with van der Waals surface area (Å²) in [5, 5.41) is 16.2. The molecule has 1 aromatic carbocycles. The summed E-state index contributed by atoms with van der Waals surface area (Å²) < 4.78 is 1.05. The highest BCUT2D eigenvalue weighted by molar-refractivity contribution is 9.10. The van der Waals surface area contributed by atoms with Crippen LogP contribution < -0.4 is 5.32 Å². The van der Waals surface area contributed by atoms with E-state index in [-0.39, 0.29) is 16.7 Å². The maximum absolute atomic E-state index is 10.9. The molecule has 0 saturated heterocycles. The van der Waals surface area contributed by atoms with Crippen LogP contribution in [-0.4, -0.2) is 4.92 Å². The number of anilines is 1. The van der Waals surface area contributed by atoms with Crippen LogP contribution in [0.4, 0.5) is 11.4 Å². The Balaban J connectivity index is 2.22. The van der Waals surface area contributed by atoms with Crippen LogP contribution in [0.3, 0.4) is 0 Å². The Bertz CT molecular complexity index is 612. The van der Waals surface area contributed by atoms with Gasteiger partial charge in [-0.25, -0.2) is 0 Å². The van der Waals surface area contributed by atoms with Crippen molar-refractivity contribution in [3.8, 4) is 0 Å². The zero-order chi connectivity index (χ0) is 14.0. The van der Waals surface area contributed by atoms with E-state index in [1.54, 1.807) is 30.4 Å². The minimum atomic E-state index is -0.355. The number of nitrogens with one attached hydrogen (secondary N) is 1. The summed E-state index contributed by atoms with van der Waals surface area (Å²) in [5.41, 5.74) is 1.56. The lowest BCUT2D eigenvalue weighted by atomic mass is 10.1. The van der Waals surface area contributed by atoms with E-state index in [1.165, 1.54) is 4.88 Å². The van der Waals surface area contributed by atoms with E-state index < -0.39 is 0 Å². The van der Waals surface area contributed by atoms with Crippen LogP contribution in [0, 0.1) is 17.0 Å². The van der Waals surface area contributed by atoms with Crippen LogP contribution in [0.25, 0.3) is 0 Å². The van der Waals surface area contributed by atoms with E-state index in [2.05, 4.69) is 21.2 Å². The number of thiophene rings is 1. The van der Waals surface area contributed by atoms with Crippen molar-refractivity contribution < 1.29 is 4.92 Å². The van der Waals surface area contributed by atoms with Gasteiger partial charge in [0.1, 0.15) is 0 Å². The summed E-state index contributed by atoms with van der Waals surface area (Å²) in [6, 6.07) is 7.29. The molecule has 0 spiro atoms. The molecule has 0 saturated carbocycles. The van der Waals surface area contributed by atoms with Gasteiger partial charge < -0.3 is 5.32 Å². The minimum Gasteiger partial charge on any atom is -0.377 e. The summed E-state index contributed by atoms with van der Waals surface area (Å²) in [7, 11) is 0. The van der Waals surface area contributed by atoms with E-state index in [9.17, 15) is 10.1 Å². The standard InChI is InChI=1S/C13H13BrN2O2S/c1-8-3-4-10(7-12(8)16(17)18)15-9(2)13-11(14)5-6-19-13/h3-7,9,15H,1-2H3. The van der Waals surface area contributed by atoms with E-state index in [1.807, 2.05) is 24.4 Å². The Labute approximate surface area is 123 Å². The Morgan fingerprint density at radius 3 is 2.74 bits per heavy atom. The smallest absolute Gasteiger partial charge is 0.274 e. The average Bonchev–Trinajstić information content (AvgIpc) is 2.77. The van der Waals surface area contributed by atoms with Crippen molar-refractivity contribution in [3.05, 3.63) is 54.7 Å². The van der Waals surface area contributed by atoms with Crippen LogP contribution in [0.1, 0.15) is 23.4 Å². The third kappa shape index (κ3) is 3.13. The molecule has 1 heterocycles. The third-order valence-corrected chi connectivity index (χ3v) is 4.88. The van der Waals surface area contributed by atoms with Gasteiger partial charge in [-0.2, -0.15) is 0 Å². The molecule has 1 atom stereocenters. The highest BCUT2D eigenvalue weighted by atomic mass is 79.9. The largest absolute Gasteiger partial charge is 0.377 e. The predicted molar refractivity (Wildman–Crippen MR) is 81.9 cm³/mol. The van der Waals surface area contributed by atoms with E-state index in [4.69, 9.17) is 0 Å². The first-order valence-corrected chi connectivity index (χ1v) is 7.40. The van der Waals surface area contributed by atoms with E-state index in [0.29, 0.717) is 5.56 Å². The number of hydrogen-bond donors (Lipinski definition) is 1. The summed E-state index contributed by atoms with van der Waals surface area (Å²) in [5.74, 6) is 0. The molecule has 1 unspecified atom stereocenters. The quantitative estimate of drug-likeness (QED) is 0.636. The predicted octanol–water partition coefficient (Wildman–Crippen LogP) is 4.90. The van der Waals surface area contributed by atoms with Crippen LogP contribution in [-0.2, 0) is 0 Å². The monoisotopic (exact) mass is 340 g/mol. The number of rotatable bonds is 4. The molecule has 0 bridgehead atoms. The molecule has 0 aliphatic carbocycles. The Kier molecular flexibility index (Phi) is 4.21. The second kappa shape index (κ2) is 5.71. The van der Waals surface area contributed by atoms with Crippen molar-refractivity contribution in [2.24, 2.45) is 0 Å². The molecule has 1 aromatic heterocycles. The lowest BCUT2D eigenvalue weighted by Gasteiger charge is -2.14. The molecule has 0 radical (unpaired) electrons. The Hall–Kier alpha value is -1.40. The fraction of sp³-hybridized carbons (Fsp3) is 0.231. The minimum absolute atomic E-state index is 0.0942. The summed E-state index contributed by atoms with van der Waals surface area (Å²) in [6.45, 7) is 3.77. The molecule has 0 aliphatic heterocycles. The molecule has 100 valence electrons. The fourth-order valence-corrected chi connectivity index (χ4v) is 3.55. The molecule has 0 fully saturated rings. The first-order valence-electron chi connectivity index (χ1n) is 5.73. The van der Waals surface area contributed by atoms with Gasteiger partial charge in [-0.05, 0) is 47.3 Å². The zero-order valence-corrected chi connectivity index (χ0v) is 12.9. The van der Waals surface area contributed by atoms with Crippen LogP contribution >= 0.6 is 27.3 Å². The molecule has 4 nitrogen and oxygen atoms in total. The van der Waals surface area contributed by atoms with Gasteiger partial charge in [0, 0.05) is 26.7 Å². The van der Waals surface area contributed by atoms with Crippen LogP contribution in [0.5, 0.6) is 0 Å². The van der Waals surface area contributed by atoms with Gasteiger partial charge in [-0.1, -0.05) is 6.07 Å². The second-order valence-corrected chi connectivity index (χ2v) is 6.06. The topological polar surface area (TPSA) is 55.2 Å². The number of nitro benzene ring substituents is 1. The van der Waals surface area contributed by atoms with Gasteiger partial charge in [0.15, 0.2) is 0 Å². The molecule has 19 heavy (non-hydrogen) atoms. The van der Waals surface area contributed by atoms with Crippen molar-refractivity contribution in [3.63, 3.8) is 0 Å². The molecule has 0 aliphatic rings. The van der Waals surface area contributed by atoms with E-state index in [0.717, 1.165) is 10.2 Å². The number of nitro groups is 1. The Morgan fingerprint density at radius 2 is 2.16 bits per heavy atom. The summed E-state index contributed by atoms with van der Waals surface area (Å²) in [4.78, 5) is 11.7. The first kappa shape index (κ1) is 14.0. The molecular formula is C13H13BrN2O2S. The number of halogens is 1. The van der Waals surface area contributed by atoms with Gasteiger partial charge >= 0.3 is 0 Å². The molecule has 0 amide bonds. The number of nitrogens with zero attached hydrogens (tertiary/aromatic N) is 1. The maximum Gasteiger partial charge on any atom is 0.274 e. The maximum atomic E-state index is 10.9. The van der Waals surface area contributed by atoms with Crippen molar-refractivity contribution >= 4 is 38.6 Å². The summed E-state index contributed by atoms with van der Waals surface area (Å²) in [6.07, 6.45) is 0.